The zero-order valence-corrected chi connectivity index (χ0v) is 14.0. The topological polar surface area (TPSA) is 65.7 Å². The van der Waals surface area contributed by atoms with Crippen LogP contribution in [0.1, 0.15) is 17.5 Å². The first-order valence-corrected chi connectivity index (χ1v) is 8.22. The standard InChI is InChI=1S/C19H24N2O3/c1-22-17-4-2-3-15(10-17)12-21-8-7-16(20)9-14-5-6-18-19(11-14)24-13-23-18/h2-6,10-11,16,21H,7-9,12-13,20H2,1H3. The second-order valence-electron chi connectivity index (χ2n) is 5.97. The maximum atomic E-state index is 6.24. The van der Waals surface area contributed by atoms with Gasteiger partial charge in [-0.2, -0.15) is 0 Å². The van der Waals surface area contributed by atoms with E-state index in [1.165, 1.54) is 11.1 Å². The van der Waals surface area contributed by atoms with Crippen LogP contribution in [-0.2, 0) is 13.0 Å². The van der Waals surface area contributed by atoms with Gasteiger partial charge in [0, 0.05) is 12.6 Å². The number of benzene rings is 2. The molecule has 5 nitrogen and oxygen atoms in total. The fraction of sp³-hybridized carbons (Fsp3) is 0.368. The summed E-state index contributed by atoms with van der Waals surface area (Å²) in [6, 6.07) is 14.2. The van der Waals surface area contributed by atoms with E-state index in [1.54, 1.807) is 7.11 Å². The van der Waals surface area contributed by atoms with E-state index in [0.29, 0.717) is 6.79 Å². The molecule has 24 heavy (non-hydrogen) atoms. The van der Waals surface area contributed by atoms with E-state index in [9.17, 15) is 0 Å². The summed E-state index contributed by atoms with van der Waals surface area (Å²) in [5, 5.41) is 3.43. The number of hydrogen-bond acceptors (Lipinski definition) is 5. The quantitative estimate of drug-likeness (QED) is 0.729. The molecule has 5 heteroatoms. The van der Waals surface area contributed by atoms with E-state index in [4.69, 9.17) is 19.9 Å². The van der Waals surface area contributed by atoms with Crippen LogP contribution in [0.2, 0.25) is 0 Å². The van der Waals surface area contributed by atoms with Crippen LogP contribution in [0.15, 0.2) is 42.5 Å². The van der Waals surface area contributed by atoms with Crippen LogP contribution < -0.4 is 25.3 Å². The molecule has 1 aliphatic heterocycles. The summed E-state index contributed by atoms with van der Waals surface area (Å²) in [4.78, 5) is 0. The van der Waals surface area contributed by atoms with Crippen molar-refractivity contribution >= 4 is 0 Å². The first-order valence-electron chi connectivity index (χ1n) is 8.22. The van der Waals surface area contributed by atoms with E-state index in [2.05, 4.69) is 17.4 Å². The van der Waals surface area contributed by atoms with E-state index in [-0.39, 0.29) is 6.04 Å². The molecule has 128 valence electrons. The Morgan fingerprint density at radius 3 is 2.88 bits per heavy atom. The molecule has 0 spiro atoms. The fourth-order valence-electron chi connectivity index (χ4n) is 2.78. The molecule has 3 rings (SSSR count). The molecule has 0 fully saturated rings. The minimum absolute atomic E-state index is 0.114. The molecule has 0 aromatic heterocycles. The van der Waals surface area contributed by atoms with Gasteiger partial charge < -0.3 is 25.3 Å². The van der Waals surface area contributed by atoms with Crippen molar-refractivity contribution in [2.45, 2.75) is 25.4 Å². The average molecular weight is 328 g/mol. The van der Waals surface area contributed by atoms with Crippen molar-refractivity contribution in [2.75, 3.05) is 20.4 Å². The molecule has 0 radical (unpaired) electrons. The lowest BCUT2D eigenvalue weighted by atomic mass is 10.0. The van der Waals surface area contributed by atoms with Crippen LogP contribution in [0, 0.1) is 0 Å². The van der Waals surface area contributed by atoms with Gasteiger partial charge >= 0.3 is 0 Å². The molecule has 0 saturated carbocycles. The van der Waals surface area contributed by atoms with Gasteiger partial charge in [-0.15, -0.1) is 0 Å². The molecular formula is C19H24N2O3. The largest absolute Gasteiger partial charge is 0.497 e. The second kappa shape index (κ2) is 8.04. The average Bonchev–Trinajstić information content (AvgIpc) is 3.06. The zero-order valence-electron chi connectivity index (χ0n) is 14.0. The maximum absolute atomic E-state index is 6.24. The third kappa shape index (κ3) is 4.40. The molecule has 0 saturated heterocycles. The second-order valence-corrected chi connectivity index (χ2v) is 5.97. The van der Waals surface area contributed by atoms with Crippen LogP contribution in [0.25, 0.3) is 0 Å². The Bertz CT molecular complexity index is 675. The lowest BCUT2D eigenvalue weighted by Crippen LogP contribution is -2.28. The van der Waals surface area contributed by atoms with Gasteiger partial charge in [0.25, 0.3) is 0 Å². The van der Waals surface area contributed by atoms with E-state index >= 15 is 0 Å². The number of hydrogen-bond donors (Lipinski definition) is 2. The number of rotatable bonds is 8. The lowest BCUT2D eigenvalue weighted by Gasteiger charge is -2.13. The van der Waals surface area contributed by atoms with E-state index in [0.717, 1.165) is 43.2 Å². The Labute approximate surface area is 142 Å². The Morgan fingerprint density at radius 1 is 1.12 bits per heavy atom. The SMILES string of the molecule is COc1cccc(CNCCC(N)Cc2ccc3c(c2)OCO3)c1. The third-order valence-corrected chi connectivity index (χ3v) is 4.09. The summed E-state index contributed by atoms with van der Waals surface area (Å²) in [5.74, 6) is 2.51. The van der Waals surface area contributed by atoms with Crippen molar-refractivity contribution < 1.29 is 14.2 Å². The summed E-state index contributed by atoms with van der Waals surface area (Å²) < 4.78 is 16.0. The highest BCUT2D eigenvalue weighted by Gasteiger charge is 2.14. The van der Waals surface area contributed by atoms with Crippen molar-refractivity contribution in [3.8, 4) is 17.2 Å². The van der Waals surface area contributed by atoms with Gasteiger partial charge in [-0.3, -0.25) is 0 Å². The van der Waals surface area contributed by atoms with Gasteiger partial charge in [0.2, 0.25) is 6.79 Å². The number of nitrogens with two attached hydrogens (primary N) is 1. The Hall–Kier alpha value is -2.24. The highest BCUT2D eigenvalue weighted by Crippen LogP contribution is 2.32. The number of methoxy groups -OCH3 is 1. The highest BCUT2D eigenvalue weighted by molar-refractivity contribution is 5.44. The number of ether oxygens (including phenoxy) is 3. The first kappa shape index (κ1) is 16.6. The van der Waals surface area contributed by atoms with Gasteiger partial charge in [-0.25, -0.2) is 0 Å². The first-order chi connectivity index (χ1) is 11.7. The predicted octanol–water partition coefficient (Wildman–Crippen LogP) is 2.47. The Morgan fingerprint density at radius 2 is 2.00 bits per heavy atom. The van der Waals surface area contributed by atoms with E-state index in [1.807, 2.05) is 30.3 Å². The van der Waals surface area contributed by atoms with Crippen LogP contribution in [0.3, 0.4) is 0 Å². The third-order valence-electron chi connectivity index (χ3n) is 4.09. The Balaban J connectivity index is 1.40. The van der Waals surface area contributed by atoms with Gasteiger partial charge in [-0.05, 0) is 54.8 Å². The summed E-state index contributed by atoms with van der Waals surface area (Å²) in [7, 11) is 1.68. The summed E-state index contributed by atoms with van der Waals surface area (Å²) in [5.41, 5.74) is 8.63. The van der Waals surface area contributed by atoms with Crippen LogP contribution in [0.4, 0.5) is 0 Å². The highest BCUT2D eigenvalue weighted by atomic mass is 16.7. The molecule has 1 atom stereocenters. The van der Waals surface area contributed by atoms with Crippen molar-refractivity contribution in [2.24, 2.45) is 5.73 Å². The summed E-state index contributed by atoms with van der Waals surface area (Å²) in [6.07, 6.45) is 1.75. The van der Waals surface area contributed by atoms with Crippen LogP contribution >= 0.6 is 0 Å². The molecule has 3 N–H and O–H groups in total. The molecular weight excluding hydrogens is 304 g/mol. The van der Waals surface area contributed by atoms with Crippen molar-refractivity contribution in [3.05, 3.63) is 53.6 Å². The van der Waals surface area contributed by atoms with Gasteiger partial charge in [0.15, 0.2) is 11.5 Å². The van der Waals surface area contributed by atoms with Gasteiger partial charge in [0.1, 0.15) is 5.75 Å². The molecule has 2 aromatic carbocycles. The van der Waals surface area contributed by atoms with Crippen molar-refractivity contribution in [1.82, 2.24) is 5.32 Å². The smallest absolute Gasteiger partial charge is 0.231 e. The van der Waals surface area contributed by atoms with Gasteiger partial charge in [0.05, 0.1) is 7.11 Å². The molecule has 1 unspecified atom stereocenters. The number of nitrogens with one attached hydrogen (secondary N) is 1. The maximum Gasteiger partial charge on any atom is 0.231 e. The predicted molar refractivity (Wildman–Crippen MR) is 93.6 cm³/mol. The summed E-state index contributed by atoms with van der Waals surface area (Å²) >= 11 is 0. The normalized spacial score (nSPS) is 13.8. The van der Waals surface area contributed by atoms with Gasteiger partial charge in [-0.1, -0.05) is 18.2 Å². The molecule has 2 aromatic rings. The molecule has 0 bridgehead atoms. The minimum Gasteiger partial charge on any atom is -0.497 e. The van der Waals surface area contributed by atoms with Crippen molar-refractivity contribution in [1.29, 1.82) is 0 Å². The lowest BCUT2D eigenvalue weighted by molar-refractivity contribution is 0.174. The molecule has 1 heterocycles. The minimum atomic E-state index is 0.114. The Kier molecular flexibility index (Phi) is 5.56. The molecule has 0 aliphatic carbocycles. The van der Waals surface area contributed by atoms with E-state index < -0.39 is 0 Å². The zero-order chi connectivity index (χ0) is 16.8. The fourth-order valence-corrected chi connectivity index (χ4v) is 2.78. The molecule has 0 amide bonds. The molecule has 1 aliphatic rings. The summed E-state index contributed by atoms with van der Waals surface area (Å²) in [6.45, 7) is 2.00. The van der Waals surface area contributed by atoms with Crippen LogP contribution in [0.5, 0.6) is 17.2 Å². The number of fused-ring (bicyclic) bond motifs is 1. The monoisotopic (exact) mass is 328 g/mol. The van der Waals surface area contributed by atoms with Crippen molar-refractivity contribution in [3.63, 3.8) is 0 Å². The van der Waals surface area contributed by atoms with Crippen LogP contribution in [-0.4, -0.2) is 26.5 Å².